The van der Waals surface area contributed by atoms with Gasteiger partial charge >= 0.3 is 0 Å². The summed E-state index contributed by atoms with van der Waals surface area (Å²) in [5, 5.41) is 7.80. The van der Waals surface area contributed by atoms with Crippen LogP contribution in [0.5, 0.6) is 0 Å². The number of ether oxygens (including phenoxy) is 1. The maximum absolute atomic E-state index is 13.2. The number of carbonyl (C=O) groups excluding carboxylic acids is 1. The van der Waals surface area contributed by atoms with E-state index in [-0.39, 0.29) is 29.5 Å². The van der Waals surface area contributed by atoms with Crippen molar-refractivity contribution in [3.63, 3.8) is 0 Å². The minimum absolute atomic E-state index is 0.0833. The van der Waals surface area contributed by atoms with Crippen molar-refractivity contribution in [2.24, 2.45) is 0 Å². The van der Waals surface area contributed by atoms with Crippen molar-refractivity contribution in [3.05, 3.63) is 34.4 Å². The molecule has 1 aliphatic heterocycles. The van der Waals surface area contributed by atoms with Crippen LogP contribution in [0, 0.1) is 5.82 Å². The second-order valence-electron chi connectivity index (χ2n) is 6.68. The van der Waals surface area contributed by atoms with Crippen molar-refractivity contribution in [2.45, 2.75) is 39.0 Å². The number of amides is 1. The lowest BCUT2D eigenvalue weighted by Gasteiger charge is -2.41. The SMILES string of the molecule is CC1CN(C(=O)Cn2nnc3cc(F)ccc3c2=O)CC(C)(C)O1. The number of hydrogen-bond acceptors (Lipinski definition) is 5. The summed E-state index contributed by atoms with van der Waals surface area (Å²) in [5.74, 6) is -0.717. The lowest BCUT2D eigenvalue weighted by atomic mass is 10.1. The molecule has 1 fully saturated rings. The smallest absolute Gasteiger partial charge is 0.278 e. The van der Waals surface area contributed by atoms with E-state index < -0.39 is 17.0 Å². The quantitative estimate of drug-likeness (QED) is 0.817. The average Bonchev–Trinajstić information content (AvgIpc) is 2.48. The molecule has 1 aromatic heterocycles. The lowest BCUT2D eigenvalue weighted by Crippen LogP contribution is -2.54. The second-order valence-corrected chi connectivity index (χ2v) is 6.68. The van der Waals surface area contributed by atoms with E-state index in [1.54, 1.807) is 4.90 Å². The van der Waals surface area contributed by atoms with Gasteiger partial charge in [0, 0.05) is 19.2 Å². The van der Waals surface area contributed by atoms with Crippen molar-refractivity contribution >= 4 is 16.8 Å². The van der Waals surface area contributed by atoms with Crippen LogP contribution in [-0.2, 0) is 16.1 Å². The van der Waals surface area contributed by atoms with Crippen LogP contribution in [0.15, 0.2) is 23.0 Å². The summed E-state index contributed by atoms with van der Waals surface area (Å²) in [6, 6.07) is 3.67. The number of carbonyl (C=O) groups is 1. The maximum Gasteiger partial charge on any atom is 0.278 e. The molecule has 2 aromatic rings. The molecular formula is C16H19FN4O3. The van der Waals surface area contributed by atoms with Crippen molar-refractivity contribution in [1.82, 2.24) is 19.9 Å². The van der Waals surface area contributed by atoms with Gasteiger partial charge in [0.25, 0.3) is 5.56 Å². The Kier molecular flexibility index (Phi) is 4.08. The van der Waals surface area contributed by atoms with Crippen molar-refractivity contribution < 1.29 is 13.9 Å². The molecule has 0 aliphatic carbocycles. The first-order valence-electron chi connectivity index (χ1n) is 7.74. The van der Waals surface area contributed by atoms with Crippen LogP contribution < -0.4 is 5.56 Å². The molecule has 0 spiro atoms. The van der Waals surface area contributed by atoms with Crippen LogP contribution in [-0.4, -0.2) is 50.6 Å². The highest BCUT2D eigenvalue weighted by Crippen LogP contribution is 2.20. The summed E-state index contributed by atoms with van der Waals surface area (Å²) < 4.78 is 20.0. The van der Waals surface area contributed by atoms with Gasteiger partial charge in [0.1, 0.15) is 17.9 Å². The molecule has 24 heavy (non-hydrogen) atoms. The monoisotopic (exact) mass is 334 g/mol. The third-order valence-electron chi connectivity index (χ3n) is 3.89. The van der Waals surface area contributed by atoms with Crippen LogP contribution in [0.25, 0.3) is 10.9 Å². The normalized spacial score (nSPS) is 20.3. The number of fused-ring (bicyclic) bond motifs is 1. The Hall–Kier alpha value is -2.35. The third-order valence-corrected chi connectivity index (χ3v) is 3.89. The van der Waals surface area contributed by atoms with Gasteiger partial charge in [-0.15, -0.1) is 5.10 Å². The molecule has 0 saturated carbocycles. The molecule has 8 heteroatoms. The van der Waals surface area contributed by atoms with E-state index in [2.05, 4.69) is 10.3 Å². The minimum atomic E-state index is -0.491. The Balaban J connectivity index is 1.84. The number of aromatic nitrogens is 3. The number of morpholine rings is 1. The van der Waals surface area contributed by atoms with E-state index in [1.165, 1.54) is 12.1 Å². The zero-order chi connectivity index (χ0) is 17.5. The fourth-order valence-corrected chi connectivity index (χ4v) is 3.03. The molecule has 1 aliphatic rings. The lowest BCUT2D eigenvalue weighted by molar-refractivity contribution is -0.158. The van der Waals surface area contributed by atoms with Crippen LogP contribution in [0.2, 0.25) is 0 Å². The summed E-state index contributed by atoms with van der Waals surface area (Å²) in [4.78, 5) is 26.6. The second kappa shape index (κ2) is 5.94. The first kappa shape index (κ1) is 16.5. The maximum atomic E-state index is 13.2. The third kappa shape index (κ3) is 3.28. The Labute approximate surface area is 138 Å². The van der Waals surface area contributed by atoms with Gasteiger partial charge in [-0.2, -0.15) is 0 Å². The first-order chi connectivity index (χ1) is 11.2. The highest BCUT2D eigenvalue weighted by Gasteiger charge is 2.33. The highest BCUT2D eigenvalue weighted by molar-refractivity contribution is 5.78. The number of rotatable bonds is 2. The molecule has 1 saturated heterocycles. The Morgan fingerprint density at radius 3 is 2.92 bits per heavy atom. The van der Waals surface area contributed by atoms with Gasteiger partial charge in [0.05, 0.1) is 17.1 Å². The highest BCUT2D eigenvalue weighted by atomic mass is 19.1. The molecule has 1 amide bonds. The molecule has 0 N–H and O–H groups in total. The van der Waals surface area contributed by atoms with E-state index in [0.717, 1.165) is 10.7 Å². The molecule has 2 heterocycles. The van der Waals surface area contributed by atoms with Crippen LogP contribution in [0.1, 0.15) is 20.8 Å². The molecule has 1 aromatic carbocycles. The molecule has 128 valence electrons. The van der Waals surface area contributed by atoms with E-state index in [9.17, 15) is 14.0 Å². The predicted molar refractivity (Wildman–Crippen MR) is 85.0 cm³/mol. The molecular weight excluding hydrogens is 315 g/mol. The number of benzene rings is 1. The Morgan fingerprint density at radius 1 is 1.46 bits per heavy atom. The van der Waals surface area contributed by atoms with E-state index in [0.29, 0.717) is 13.1 Å². The topological polar surface area (TPSA) is 77.3 Å². The standard InChI is InChI=1S/C16H19FN4O3/c1-10-7-20(9-16(2,3)24-10)14(22)8-21-15(23)12-5-4-11(17)6-13(12)18-19-21/h4-6,10H,7-9H2,1-3H3. The molecule has 0 radical (unpaired) electrons. The summed E-state index contributed by atoms with van der Waals surface area (Å²) >= 11 is 0. The zero-order valence-corrected chi connectivity index (χ0v) is 13.8. The molecule has 7 nitrogen and oxygen atoms in total. The van der Waals surface area contributed by atoms with E-state index in [4.69, 9.17) is 4.74 Å². The van der Waals surface area contributed by atoms with Gasteiger partial charge < -0.3 is 9.64 Å². The Bertz CT molecular complexity index is 849. The summed E-state index contributed by atoms with van der Waals surface area (Å²) in [6.45, 7) is 6.43. The molecule has 0 bridgehead atoms. The van der Waals surface area contributed by atoms with Crippen molar-refractivity contribution in [3.8, 4) is 0 Å². The summed E-state index contributed by atoms with van der Waals surface area (Å²) in [6.07, 6.45) is -0.0833. The molecule has 3 rings (SSSR count). The van der Waals surface area contributed by atoms with E-state index >= 15 is 0 Å². The number of nitrogens with zero attached hydrogens (tertiary/aromatic N) is 4. The van der Waals surface area contributed by atoms with E-state index in [1.807, 2.05) is 20.8 Å². The molecule has 1 unspecified atom stereocenters. The fraction of sp³-hybridized carbons (Fsp3) is 0.500. The molecule has 1 atom stereocenters. The number of hydrogen-bond donors (Lipinski definition) is 0. The van der Waals surface area contributed by atoms with Crippen LogP contribution in [0.3, 0.4) is 0 Å². The van der Waals surface area contributed by atoms with Gasteiger partial charge in [-0.1, -0.05) is 5.21 Å². The van der Waals surface area contributed by atoms with Gasteiger partial charge in [-0.25, -0.2) is 9.07 Å². The van der Waals surface area contributed by atoms with Gasteiger partial charge in [0.2, 0.25) is 5.91 Å². The van der Waals surface area contributed by atoms with Crippen LogP contribution >= 0.6 is 0 Å². The zero-order valence-electron chi connectivity index (χ0n) is 13.8. The van der Waals surface area contributed by atoms with Gasteiger partial charge in [-0.05, 0) is 32.9 Å². The fourth-order valence-electron chi connectivity index (χ4n) is 3.03. The summed E-state index contributed by atoms with van der Waals surface area (Å²) in [5.41, 5.74) is -0.732. The minimum Gasteiger partial charge on any atom is -0.369 e. The van der Waals surface area contributed by atoms with Crippen molar-refractivity contribution in [2.75, 3.05) is 13.1 Å². The van der Waals surface area contributed by atoms with Gasteiger partial charge in [-0.3, -0.25) is 9.59 Å². The largest absolute Gasteiger partial charge is 0.369 e. The van der Waals surface area contributed by atoms with Crippen molar-refractivity contribution in [1.29, 1.82) is 0 Å². The van der Waals surface area contributed by atoms with Gasteiger partial charge in [0.15, 0.2) is 0 Å². The number of halogens is 1. The summed E-state index contributed by atoms with van der Waals surface area (Å²) in [7, 11) is 0. The van der Waals surface area contributed by atoms with Crippen LogP contribution in [0.4, 0.5) is 4.39 Å². The predicted octanol–water partition coefficient (Wildman–Crippen LogP) is 0.956. The average molecular weight is 334 g/mol. The first-order valence-corrected chi connectivity index (χ1v) is 7.74. The Morgan fingerprint density at radius 2 is 2.21 bits per heavy atom.